The van der Waals surface area contributed by atoms with E-state index in [1.807, 2.05) is 0 Å². The van der Waals surface area contributed by atoms with Crippen molar-refractivity contribution in [2.45, 2.75) is 18.9 Å². The van der Waals surface area contributed by atoms with Gasteiger partial charge in [-0.15, -0.1) is 6.42 Å². The van der Waals surface area contributed by atoms with E-state index in [-0.39, 0.29) is 0 Å². The molecule has 3 nitrogen and oxygen atoms in total. The predicted molar refractivity (Wildman–Crippen MR) is 50.8 cm³/mol. The Morgan fingerprint density at radius 1 is 1.67 bits per heavy atom. The molecule has 0 heterocycles. The van der Waals surface area contributed by atoms with Crippen molar-refractivity contribution in [3.63, 3.8) is 0 Å². The molecule has 1 atom stereocenters. The van der Waals surface area contributed by atoms with Crippen LogP contribution in [0.15, 0.2) is 0 Å². The molecule has 0 aliphatic carbocycles. The number of hydrogen-bond donors (Lipinski definition) is 2. The highest BCUT2D eigenvalue weighted by Crippen LogP contribution is 1.95. The Morgan fingerprint density at radius 2 is 2.42 bits per heavy atom. The third-order valence-electron chi connectivity index (χ3n) is 1.62. The van der Waals surface area contributed by atoms with Crippen molar-refractivity contribution in [2.24, 2.45) is 5.73 Å². The summed E-state index contributed by atoms with van der Waals surface area (Å²) in [6, 6.07) is 0.342. The molecule has 70 valence electrons. The van der Waals surface area contributed by atoms with Gasteiger partial charge in [-0.3, -0.25) is 0 Å². The summed E-state index contributed by atoms with van der Waals surface area (Å²) in [5.41, 5.74) is 5.39. The molecule has 0 fully saturated rings. The Labute approximate surface area is 74.7 Å². The summed E-state index contributed by atoms with van der Waals surface area (Å²) in [7, 11) is 1.69. The number of nitrogens with one attached hydrogen (secondary N) is 1. The summed E-state index contributed by atoms with van der Waals surface area (Å²) in [6.07, 6.45) is 7.15. The molecule has 0 amide bonds. The first kappa shape index (κ1) is 11.4. The molecule has 0 rings (SSSR count). The van der Waals surface area contributed by atoms with E-state index in [1.165, 1.54) is 0 Å². The highest BCUT2D eigenvalue weighted by molar-refractivity contribution is 4.88. The Kier molecular flexibility index (Phi) is 8.14. The van der Waals surface area contributed by atoms with Gasteiger partial charge >= 0.3 is 0 Å². The molecule has 0 saturated heterocycles. The van der Waals surface area contributed by atoms with Gasteiger partial charge in [-0.25, -0.2) is 0 Å². The van der Waals surface area contributed by atoms with E-state index >= 15 is 0 Å². The van der Waals surface area contributed by atoms with Crippen molar-refractivity contribution in [3.05, 3.63) is 0 Å². The molecule has 3 heteroatoms. The zero-order valence-electron chi connectivity index (χ0n) is 7.68. The van der Waals surface area contributed by atoms with Gasteiger partial charge in [-0.05, 0) is 19.4 Å². The number of ether oxygens (including phenoxy) is 1. The average Bonchev–Trinajstić information content (AvgIpc) is 2.10. The first-order valence-corrected chi connectivity index (χ1v) is 4.21. The van der Waals surface area contributed by atoms with Crippen LogP contribution in [0, 0.1) is 12.3 Å². The second kappa shape index (κ2) is 8.54. The van der Waals surface area contributed by atoms with Crippen molar-refractivity contribution < 1.29 is 4.74 Å². The van der Waals surface area contributed by atoms with Gasteiger partial charge in [-0.1, -0.05) is 5.92 Å². The second-order valence-corrected chi connectivity index (χ2v) is 2.67. The summed E-state index contributed by atoms with van der Waals surface area (Å²) >= 11 is 0. The standard InChI is InChI=1S/C9H18N2O/c1-3-7-11-9(8-12-2)5-4-6-10/h1,9,11H,4-8,10H2,2H3. The molecule has 0 aromatic heterocycles. The highest BCUT2D eigenvalue weighted by atomic mass is 16.5. The van der Waals surface area contributed by atoms with Gasteiger partial charge in [0.25, 0.3) is 0 Å². The van der Waals surface area contributed by atoms with Gasteiger partial charge in [0.2, 0.25) is 0 Å². The van der Waals surface area contributed by atoms with Crippen LogP contribution in [-0.2, 0) is 4.74 Å². The van der Waals surface area contributed by atoms with Gasteiger partial charge in [-0.2, -0.15) is 0 Å². The van der Waals surface area contributed by atoms with Gasteiger partial charge in [0.05, 0.1) is 13.2 Å². The minimum absolute atomic E-state index is 0.342. The van der Waals surface area contributed by atoms with E-state index in [0.717, 1.165) is 19.4 Å². The molecule has 0 radical (unpaired) electrons. The van der Waals surface area contributed by atoms with Crippen molar-refractivity contribution in [1.82, 2.24) is 5.32 Å². The Balaban J connectivity index is 3.48. The molecule has 0 aromatic carbocycles. The molecular formula is C9H18N2O. The topological polar surface area (TPSA) is 47.3 Å². The summed E-state index contributed by atoms with van der Waals surface area (Å²) in [4.78, 5) is 0. The molecule has 0 saturated carbocycles. The smallest absolute Gasteiger partial charge is 0.0616 e. The lowest BCUT2D eigenvalue weighted by molar-refractivity contribution is 0.164. The SMILES string of the molecule is C#CCNC(CCCN)COC. The quantitative estimate of drug-likeness (QED) is 0.527. The largest absolute Gasteiger partial charge is 0.383 e. The van der Waals surface area contributed by atoms with Crippen LogP contribution in [0.25, 0.3) is 0 Å². The molecule has 1 unspecified atom stereocenters. The summed E-state index contributed by atoms with van der Waals surface area (Å²) < 4.78 is 5.03. The molecule has 12 heavy (non-hydrogen) atoms. The number of methoxy groups -OCH3 is 1. The first-order valence-electron chi connectivity index (χ1n) is 4.21. The third kappa shape index (κ3) is 6.17. The highest BCUT2D eigenvalue weighted by Gasteiger charge is 2.04. The number of nitrogens with two attached hydrogens (primary N) is 1. The molecule has 3 N–H and O–H groups in total. The fourth-order valence-corrected chi connectivity index (χ4v) is 1.01. The number of terminal acetylenes is 1. The van der Waals surface area contributed by atoms with E-state index in [1.54, 1.807) is 7.11 Å². The Bertz CT molecular complexity index is 131. The van der Waals surface area contributed by atoms with Crippen LogP contribution in [0.5, 0.6) is 0 Å². The van der Waals surface area contributed by atoms with Crippen LogP contribution in [0.1, 0.15) is 12.8 Å². The van der Waals surface area contributed by atoms with Crippen LogP contribution in [-0.4, -0.2) is 32.8 Å². The monoisotopic (exact) mass is 170 g/mol. The fourth-order valence-electron chi connectivity index (χ4n) is 1.01. The Hall–Kier alpha value is -0.560. The summed E-state index contributed by atoms with van der Waals surface area (Å²) in [5.74, 6) is 2.54. The third-order valence-corrected chi connectivity index (χ3v) is 1.62. The van der Waals surface area contributed by atoms with Gasteiger partial charge in [0.1, 0.15) is 0 Å². The molecule has 0 aliphatic rings. The van der Waals surface area contributed by atoms with E-state index in [2.05, 4.69) is 11.2 Å². The van der Waals surface area contributed by atoms with E-state index in [9.17, 15) is 0 Å². The van der Waals surface area contributed by atoms with Crippen LogP contribution < -0.4 is 11.1 Å². The van der Waals surface area contributed by atoms with Crippen molar-refractivity contribution in [1.29, 1.82) is 0 Å². The predicted octanol–water partition coefficient (Wildman–Crippen LogP) is -0.0369. The minimum atomic E-state index is 0.342. The molecule has 0 aliphatic heterocycles. The van der Waals surface area contributed by atoms with Crippen molar-refractivity contribution >= 4 is 0 Å². The molecule has 0 bridgehead atoms. The zero-order valence-corrected chi connectivity index (χ0v) is 7.68. The molecule has 0 aromatic rings. The van der Waals surface area contributed by atoms with Gasteiger partial charge in [0.15, 0.2) is 0 Å². The van der Waals surface area contributed by atoms with E-state index < -0.39 is 0 Å². The van der Waals surface area contributed by atoms with Crippen LogP contribution in [0.2, 0.25) is 0 Å². The lowest BCUT2D eigenvalue weighted by Gasteiger charge is -2.15. The van der Waals surface area contributed by atoms with E-state index in [4.69, 9.17) is 16.9 Å². The zero-order chi connectivity index (χ0) is 9.23. The Morgan fingerprint density at radius 3 is 2.92 bits per heavy atom. The van der Waals surface area contributed by atoms with Gasteiger partial charge < -0.3 is 15.8 Å². The van der Waals surface area contributed by atoms with Gasteiger partial charge in [0, 0.05) is 13.2 Å². The maximum absolute atomic E-state index is 5.39. The van der Waals surface area contributed by atoms with Crippen molar-refractivity contribution in [2.75, 3.05) is 26.8 Å². The normalized spacial score (nSPS) is 12.4. The second-order valence-electron chi connectivity index (χ2n) is 2.67. The average molecular weight is 170 g/mol. The molecular weight excluding hydrogens is 152 g/mol. The maximum Gasteiger partial charge on any atom is 0.0616 e. The lowest BCUT2D eigenvalue weighted by atomic mass is 10.1. The lowest BCUT2D eigenvalue weighted by Crippen LogP contribution is -2.33. The van der Waals surface area contributed by atoms with Crippen LogP contribution >= 0.6 is 0 Å². The van der Waals surface area contributed by atoms with Crippen LogP contribution in [0.4, 0.5) is 0 Å². The van der Waals surface area contributed by atoms with Crippen molar-refractivity contribution in [3.8, 4) is 12.3 Å². The maximum atomic E-state index is 5.39. The molecule has 0 spiro atoms. The van der Waals surface area contributed by atoms with E-state index in [0.29, 0.717) is 19.2 Å². The summed E-state index contributed by atoms with van der Waals surface area (Å²) in [6.45, 7) is 2.01. The summed E-state index contributed by atoms with van der Waals surface area (Å²) in [5, 5.41) is 3.19. The number of rotatable bonds is 7. The van der Waals surface area contributed by atoms with Crippen LogP contribution in [0.3, 0.4) is 0 Å². The minimum Gasteiger partial charge on any atom is -0.383 e. The number of hydrogen-bond acceptors (Lipinski definition) is 3. The first-order chi connectivity index (χ1) is 5.85. The fraction of sp³-hybridized carbons (Fsp3) is 0.778.